The Bertz CT molecular complexity index is 815. The first kappa shape index (κ1) is 30.8. The molecule has 1 aliphatic carbocycles. The molecular formula is C31H50FN3. The molecule has 2 N–H and O–H groups in total. The van der Waals surface area contributed by atoms with Crippen molar-refractivity contribution in [2.45, 2.75) is 105 Å². The van der Waals surface area contributed by atoms with Gasteiger partial charge in [-0.3, -0.25) is 4.98 Å². The van der Waals surface area contributed by atoms with Gasteiger partial charge in [-0.2, -0.15) is 0 Å². The summed E-state index contributed by atoms with van der Waals surface area (Å²) in [6.45, 7) is 13.2. The lowest BCUT2D eigenvalue weighted by Gasteiger charge is -2.36. The fourth-order valence-corrected chi connectivity index (χ4v) is 4.46. The zero-order valence-corrected chi connectivity index (χ0v) is 23.2. The average Bonchev–Trinajstić information content (AvgIpc) is 3.07. The Kier molecular flexibility index (Phi) is 15.2. The summed E-state index contributed by atoms with van der Waals surface area (Å²) in [6.07, 6.45) is 20.8. The van der Waals surface area contributed by atoms with Gasteiger partial charge in [-0.15, -0.1) is 0 Å². The smallest absolute Gasteiger partial charge is 0.109 e. The van der Waals surface area contributed by atoms with Gasteiger partial charge in [-0.05, 0) is 76.3 Å². The van der Waals surface area contributed by atoms with E-state index >= 15 is 0 Å². The Morgan fingerprint density at radius 1 is 1.20 bits per heavy atom. The van der Waals surface area contributed by atoms with E-state index in [1.54, 1.807) is 13.8 Å². The largest absolute Gasteiger partial charge is 0.363 e. The maximum Gasteiger partial charge on any atom is 0.109 e. The molecule has 1 atom stereocenters. The lowest BCUT2D eigenvalue weighted by molar-refractivity contribution is 0.218. The molecule has 1 heterocycles. The number of alkyl halides is 1. The molecule has 196 valence electrons. The molecule has 2 rings (SSSR count). The highest BCUT2D eigenvalue weighted by Crippen LogP contribution is 2.29. The number of nitrogens with zero attached hydrogens (tertiary/aromatic N) is 2. The minimum absolute atomic E-state index is 0.436. The second-order valence-electron chi connectivity index (χ2n) is 9.66. The number of allylic oxidation sites excluding steroid dienone is 6. The van der Waals surface area contributed by atoms with Crippen LogP contribution in [0, 0.1) is 0 Å². The first-order chi connectivity index (χ1) is 16.9. The average molecular weight is 484 g/mol. The van der Waals surface area contributed by atoms with Crippen molar-refractivity contribution in [1.82, 2.24) is 9.88 Å². The Hall–Kier alpha value is -2.20. The molecule has 35 heavy (non-hydrogen) atoms. The number of halogens is 1. The molecule has 3 nitrogen and oxygen atoms in total. The maximum absolute atomic E-state index is 14.2. The molecule has 0 saturated heterocycles. The molecule has 1 aliphatic rings. The van der Waals surface area contributed by atoms with E-state index in [4.69, 9.17) is 5.73 Å². The van der Waals surface area contributed by atoms with E-state index in [0.29, 0.717) is 12.5 Å². The Morgan fingerprint density at radius 3 is 2.54 bits per heavy atom. The zero-order chi connectivity index (χ0) is 26.1. The number of hydrogen-bond donors (Lipinski definition) is 1. The standard InChI is InChI=1S/C29H44FN3.C2H6/c1-5-7-15-26(16-8-10-20-31)33(28(6-2)27-17-9-11-21-32-27)23-25-14-12-13-24(18-19-25)22-29(3,4)30;1-2/h6,9,11-14,17-18,21,26H,5,7-8,10,15-16,19-20,22-23,31H2,1-4H3;1-2H3/b28-6+;. The van der Waals surface area contributed by atoms with Crippen LogP contribution in [-0.4, -0.2) is 34.7 Å². The van der Waals surface area contributed by atoms with E-state index in [1.807, 2.05) is 26.1 Å². The van der Waals surface area contributed by atoms with E-state index in [-0.39, 0.29) is 0 Å². The predicted molar refractivity (Wildman–Crippen MR) is 152 cm³/mol. The van der Waals surface area contributed by atoms with Gasteiger partial charge in [0.2, 0.25) is 0 Å². The predicted octanol–water partition coefficient (Wildman–Crippen LogP) is 8.41. The van der Waals surface area contributed by atoms with Crippen LogP contribution in [0.15, 0.2) is 65.9 Å². The van der Waals surface area contributed by atoms with Gasteiger partial charge < -0.3 is 10.6 Å². The molecule has 0 amide bonds. The van der Waals surface area contributed by atoms with Crippen LogP contribution in [0.2, 0.25) is 0 Å². The fraction of sp³-hybridized carbons (Fsp3) is 0.581. The summed E-state index contributed by atoms with van der Waals surface area (Å²) in [5, 5.41) is 0. The van der Waals surface area contributed by atoms with Crippen molar-refractivity contribution in [2.75, 3.05) is 13.1 Å². The van der Waals surface area contributed by atoms with Crippen LogP contribution in [0.1, 0.15) is 98.6 Å². The Balaban J connectivity index is 0.00000298. The van der Waals surface area contributed by atoms with Crippen LogP contribution >= 0.6 is 0 Å². The van der Waals surface area contributed by atoms with Crippen molar-refractivity contribution < 1.29 is 4.39 Å². The molecular weight excluding hydrogens is 433 g/mol. The number of unbranched alkanes of at least 4 members (excludes halogenated alkanes) is 2. The van der Waals surface area contributed by atoms with Gasteiger partial charge in [0.1, 0.15) is 5.67 Å². The molecule has 0 saturated carbocycles. The van der Waals surface area contributed by atoms with Gasteiger partial charge in [0.05, 0.1) is 11.4 Å². The zero-order valence-electron chi connectivity index (χ0n) is 23.2. The van der Waals surface area contributed by atoms with E-state index in [1.165, 1.54) is 24.1 Å². The van der Waals surface area contributed by atoms with Gasteiger partial charge in [0.25, 0.3) is 0 Å². The van der Waals surface area contributed by atoms with E-state index in [0.717, 1.165) is 56.5 Å². The Morgan fingerprint density at radius 2 is 1.94 bits per heavy atom. The third-order valence-corrected chi connectivity index (χ3v) is 6.10. The van der Waals surface area contributed by atoms with E-state index in [2.05, 4.69) is 66.2 Å². The highest BCUT2D eigenvalue weighted by molar-refractivity contribution is 5.61. The van der Waals surface area contributed by atoms with Crippen molar-refractivity contribution >= 4 is 5.70 Å². The summed E-state index contributed by atoms with van der Waals surface area (Å²) in [5.74, 6) is 0. The Labute approximate surface area is 215 Å². The van der Waals surface area contributed by atoms with Crippen molar-refractivity contribution in [3.63, 3.8) is 0 Å². The summed E-state index contributed by atoms with van der Waals surface area (Å²) in [5.41, 5.74) is 9.22. The topological polar surface area (TPSA) is 42.2 Å². The normalized spacial score (nSPS) is 14.9. The molecule has 0 spiro atoms. The van der Waals surface area contributed by atoms with E-state index in [9.17, 15) is 4.39 Å². The summed E-state index contributed by atoms with van der Waals surface area (Å²) in [4.78, 5) is 7.24. The molecule has 1 aromatic rings. The molecule has 0 aliphatic heterocycles. The van der Waals surface area contributed by atoms with Crippen molar-refractivity contribution in [1.29, 1.82) is 0 Å². The second-order valence-corrected chi connectivity index (χ2v) is 9.66. The van der Waals surface area contributed by atoms with Gasteiger partial charge in [0.15, 0.2) is 0 Å². The summed E-state index contributed by atoms with van der Waals surface area (Å²) in [7, 11) is 0. The summed E-state index contributed by atoms with van der Waals surface area (Å²) in [6, 6.07) is 6.56. The minimum Gasteiger partial charge on any atom is -0.363 e. The first-order valence-electron chi connectivity index (χ1n) is 13.7. The van der Waals surface area contributed by atoms with Gasteiger partial charge in [-0.1, -0.05) is 76.5 Å². The van der Waals surface area contributed by atoms with Crippen LogP contribution < -0.4 is 5.73 Å². The molecule has 0 bridgehead atoms. The highest BCUT2D eigenvalue weighted by Gasteiger charge is 2.23. The fourth-order valence-electron chi connectivity index (χ4n) is 4.46. The van der Waals surface area contributed by atoms with Crippen LogP contribution in [0.5, 0.6) is 0 Å². The number of hydrogen-bond acceptors (Lipinski definition) is 3. The number of aromatic nitrogens is 1. The summed E-state index contributed by atoms with van der Waals surface area (Å²) < 4.78 is 14.2. The molecule has 0 radical (unpaired) electrons. The lowest BCUT2D eigenvalue weighted by Crippen LogP contribution is -2.36. The van der Waals surface area contributed by atoms with Crippen LogP contribution in [0.25, 0.3) is 5.70 Å². The first-order valence-corrected chi connectivity index (χ1v) is 13.7. The molecule has 1 unspecified atom stereocenters. The van der Waals surface area contributed by atoms with Crippen LogP contribution in [0.3, 0.4) is 0 Å². The van der Waals surface area contributed by atoms with Crippen LogP contribution in [0.4, 0.5) is 4.39 Å². The highest BCUT2D eigenvalue weighted by atomic mass is 19.1. The number of rotatable bonds is 14. The number of pyridine rings is 1. The third kappa shape index (κ3) is 11.9. The molecule has 4 heteroatoms. The summed E-state index contributed by atoms with van der Waals surface area (Å²) >= 11 is 0. The lowest BCUT2D eigenvalue weighted by atomic mass is 9.97. The SMILES string of the molecule is C/C=C(\c1ccccn1)N(CC1=CC=CC(CC(C)(C)F)=CC1)C(CCCC)CCCCN.CC. The number of nitrogens with two attached hydrogens (primary N) is 1. The maximum atomic E-state index is 14.2. The molecule has 0 fully saturated rings. The van der Waals surface area contributed by atoms with Gasteiger partial charge in [0, 0.05) is 25.2 Å². The van der Waals surface area contributed by atoms with E-state index < -0.39 is 5.67 Å². The quantitative estimate of drug-likeness (QED) is 0.270. The third-order valence-electron chi connectivity index (χ3n) is 6.10. The van der Waals surface area contributed by atoms with Gasteiger partial charge in [-0.25, -0.2) is 4.39 Å². The van der Waals surface area contributed by atoms with Crippen molar-refractivity contribution in [3.05, 3.63) is 71.6 Å². The monoisotopic (exact) mass is 483 g/mol. The van der Waals surface area contributed by atoms with Gasteiger partial charge >= 0.3 is 0 Å². The van der Waals surface area contributed by atoms with Crippen molar-refractivity contribution in [2.24, 2.45) is 5.73 Å². The molecule has 0 aromatic carbocycles. The van der Waals surface area contributed by atoms with Crippen LogP contribution in [-0.2, 0) is 0 Å². The second kappa shape index (κ2) is 17.3. The van der Waals surface area contributed by atoms with Crippen molar-refractivity contribution in [3.8, 4) is 0 Å². The minimum atomic E-state index is -1.20. The molecule has 1 aromatic heterocycles.